The smallest absolute Gasteiger partial charge is 0.255 e. The van der Waals surface area contributed by atoms with E-state index in [0.717, 1.165) is 30.6 Å². The van der Waals surface area contributed by atoms with Crippen LogP contribution in [0.4, 0.5) is 11.4 Å². The van der Waals surface area contributed by atoms with E-state index in [1.165, 1.54) is 24.4 Å². The second-order valence-corrected chi connectivity index (χ2v) is 8.00. The quantitative estimate of drug-likeness (QED) is 0.525. The van der Waals surface area contributed by atoms with E-state index in [2.05, 4.69) is 81.0 Å². The van der Waals surface area contributed by atoms with E-state index in [0.29, 0.717) is 17.1 Å². The standard InChI is InChI=1S/C24H25N5OS/c1-2-29(20-6-4-3-5-7-20)21-10-8-18(9-11-21)14-27-23(31)24(12-13-24)28-22(30)19-15-25-17-26-16-19/h3-11,15-17H,2,12-14H2,1H3,(H,27,31)(H,28,30). The second kappa shape index (κ2) is 9.22. The largest absolute Gasteiger partial charge is 0.374 e. The summed E-state index contributed by atoms with van der Waals surface area (Å²) >= 11 is 5.60. The molecule has 1 saturated carbocycles. The second-order valence-electron chi connectivity index (χ2n) is 7.59. The lowest BCUT2D eigenvalue weighted by molar-refractivity contribution is 0.0942. The van der Waals surface area contributed by atoms with Crippen LogP contribution in [0.15, 0.2) is 73.3 Å². The first-order valence-corrected chi connectivity index (χ1v) is 10.8. The minimum atomic E-state index is -0.464. The zero-order chi connectivity index (χ0) is 21.7. The SMILES string of the molecule is CCN(c1ccccc1)c1ccc(CNC(=S)C2(NC(=O)c3cncnc3)CC2)cc1. The summed E-state index contributed by atoms with van der Waals surface area (Å²) in [5.74, 6) is -0.202. The van der Waals surface area contributed by atoms with Crippen molar-refractivity contribution in [3.63, 3.8) is 0 Å². The van der Waals surface area contributed by atoms with Crippen molar-refractivity contribution in [3.8, 4) is 0 Å². The van der Waals surface area contributed by atoms with Gasteiger partial charge in [0.15, 0.2) is 0 Å². The van der Waals surface area contributed by atoms with E-state index < -0.39 is 5.54 Å². The summed E-state index contributed by atoms with van der Waals surface area (Å²) in [4.78, 5) is 23.2. The summed E-state index contributed by atoms with van der Waals surface area (Å²) in [6.07, 6.45) is 6.08. The Labute approximate surface area is 187 Å². The van der Waals surface area contributed by atoms with Crippen LogP contribution < -0.4 is 15.5 Å². The monoisotopic (exact) mass is 431 g/mol. The molecule has 4 rings (SSSR count). The predicted molar refractivity (Wildman–Crippen MR) is 126 cm³/mol. The van der Waals surface area contributed by atoms with Gasteiger partial charge >= 0.3 is 0 Å². The van der Waals surface area contributed by atoms with Crippen LogP contribution in [-0.4, -0.2) is 32.9 Å². The van der Waals surface area contributed by atoms with Gasteiger partial charge in [0.05, 0.1) is 11.1 Å². The number of para-hydroxylation sites is 1. The molecule has 1 aliphatic carbocycles. The van der Waals surface area contributed by atoms with E-state index in [1.807, 2.05) is 6.07 Å². The van der Waals surface area contributed by atoms with Crippen molar-refractivity contribution in [1.82, 2.24) is 20.6 Å². The molecule has 1 heterocycles. The highest BCUT2D eigenvalue weighted by Crippen LogP contribution is 2.36. The molecule has 158 valence electrons. The lowest BCUT2D eigenvalue weighted by Gasteiger charge is -2.24. The molecule has 1 fully saturated rings. The lowest BCUT2D eigenvalue weighted by atomic mass is 10.1. The number of thiocarbonyl (C=S) groups is 1. The first-order valence-electron chi connectivity index (χ1n) is 10.4. The van der Waals surface area contributed by atoms with Gasteiger partial charge in [0.2, 0.25) is 0 Å². The maximum Gasteiger partial charge on any atom is 0.255 e. The van der Waals surface area contributed by atoms with Crippen molar-refractivity contribution in [2.75, 3.05) is 11.4 Å². The Balaban J connectivity index is 1.35. The van der Waals surface area contributed by atoms with Gasteiger partial charge in [-0.05, 0) is 49.6 Å². The number of hydrogen-bond acceptors (Lipinski definition) is 5. The minimum Gasteiger partial charge on any atom is -0.374 e. The first kappa shape index (κ1) is 20.9. The molecular weight excluding hydrogens is 406 g/mol. The van der Waals surface area contributed by atoms with Crippen LogP contribution in [0.5, 0.6) is 0 Å². The summed E-state index contributed by atoms with van der Waals surface area (Å²) in [5, 5.41) is 6.36. The minimum absolute atomic E-state index is 0.202. The number of aromatic nitrogens is 2. The van der Waals surface area contributed by atoms with Gasteiger partial charge in [-0.2, -0.15) is 0 Å². The summed E-state index contributed by atoms with van der Waals surface area (Å²) in [6, 6.07) is 18.8. The van der Waals surface area contributed by atoms with Crippen LogP contribution >= 0.6 is 12.2 Å². The summed E-state index contributed by atoms with van der Waals surface area (Å²) in [6.45, 7) is 3.65. The van der Waals surface area contributed by atoms with Crippen molar-refractivity contribution in [3.05, 3.63) is 84.4 Å². The lowest BCUT2D eigenvalue weighted by Crippen LogP contribution is -2.47. The Bertz CT molecular complexity index is 1040. The fourth-order valence-corrected chi connectivity index (χ4v) is 3.83. The van der Waals surface area contributed by atoms with Crippen molar-refractivity contribution in [1.29, 1.82) is 0 Å². The van der Waals surface area contributed by atoms with Crippen LogP contribution in [0.1, 0.15) is 35.7 Å². The van der Waals surface area contributed by atoms with E-state index >= 15 is 0 Å². The van der Waals surface area contributed by atoms with Gasteiger partial charge in [-0.25, -0.2) is 9.97 Å². The zero-order valence-corrected chi connectivity index (χ0v) is 18.2. The highest BCUT2D eigenvalue weighted by molar-refractivity contribution is 7.80. The third-order valence-corrected chi connectivity index (χ3v) is 5.98. The molecule has 1 aliphatic rings. The summed E-state index contributed by atoms with van der Waals surface area (Å²) in [5.41, 5.74) is 3.43. The van der Waals surface area contributed by atoms with E-state index in [1.54, 1.807) is 0 Å². The molecule has 2 N–H and O–H groups in total. The van der Waals surface area contributed by atoms with Crippen LogP contribution in [-0.2, 0) is 6.54 Å². The number of nitrogens with one attached hydrogen (secondary N) is 2. The molecule has 1 aromatic heterocycles. The molecule has 0 spiro atoms. The van der Waals surface area contributed by atoms with Crippen LogP contribution in [0.25, 0.3) is 0 Å². The highest BCUT2D eigenvalue weighted by atomic mass is 32.1. The fourth-order valence-electron chi connectivity index (χ4n) is 3.51. The number of nitrogens with zero attached hydrogens (tertiary/aromatic N) is 3. The molecule has 0 bridgehead atoms. The first-order chi connectivity index (χ1) is 15.1. The van der Waals surface area contributed by atoms with Crippen molar-refractivity contribution < 1.29 is 4.79 Å². The average molecular weight is 432 g/mol. The van der Waals surface area contributed by atoms with Crippen molar-refractivity contribution in [2.24, 2.45) is 0 Å². The molecule has 1 amide bonds. The summed E-state index contributed by atoms with van der Waals surface area (Å²) < 4.78 is 0. The molecule has 0 unspecified atom stereocenters. The maximum absolute atomic E-state index is 12.4. The van der Waals surface area contributed by atoms with Gasteiger partial charge in [0.25, 0.3) is 5.91 Å². The molecule has 7 heteroatoms. The molecule has 0 radical (unpaired) electrons. The van der Waals surface area contributed by atoms with Crippen molar-refractivity contribution in [2.45, 2.75) is 31.8 Å². The number of anilines is 2. The topological polar surface area (TPSA) is 70.2 Å². The van der Waals surface area contributed by atoms with Gasteiger partial charge in [0, 0.05) is 36.9 Å². The Morgan fingerprint density at radius 1 is 1.03 bits per heavy atom. The Morgan fingerprint density at radius 3 is 2.29 bits per heavy atom. The third kappa shape index (κ3) is 4.88. The molecule has 0 saturated heterocycles. The number of amides is 1. The van der Waals surface area contributed by atoms with Gasteiger partial charge in [0.1, 0.15) is 11.3 Å². The molecule has 6 nitrogen and oxygen atoms in total. The molecule has 0 atom stereocenters. The Kier molecular flexibility index (Phi) is 6.23. The fraction of sp³-hybridized carbons (Fsp3) is 0.250. The Hall–Kier alpha value is -3.32. The van der Waals surface area contributed by atoms with Gasteiger partial charge in [-0.15, -0.1) is 0 Å². The molecule has 2 aromatic carbocycles. The molecule has 3 aromatic rings. The van der Waals surface area contributed by atoms with E-state index in [4.69, 9.17) is 12.2 Å². The number of benzene rings is 2. The van der Waals surface area contributed by atoms with Crippen molar-refractivity contribution >= 4 is 34.5 Å². The van der Waals surface area contributed by atoms with Gasteiger partial charge in [-0.1, -0.05) is 42.5 Å². The number of hydrogen-bond donors (Lipinski definition) is 2. The van der Waals surface area contributed by atoms with Crippen LogP contribution in [0.2, 0.25) is 0 Å². The molecular formula is C24H25N5OS. The van der Waals surface area contributed by atoms with E-state index in [-0.39, 0.29) is 5.91 Å². The normalized spacial score (nSPS) is 13.8. The van der Waals surface area contributed by atoms with E-state index in [9.17, 15) is 4.79 Å². The van der Waals surface area contributed by atoms with Crippen LogP contribution in [0, 0.1) is 0 Å². The van der Waals surface area contributed by atoms with Crippen LogP contribution in [0.3, 0.4) is 0 Å². The zero-order valence-electron chi connectivity index (χ0n) is 17.4. The Morgan fingerprint density at radius 2 is 1.68 bits per heavy atom. The number of carbonyl (C=O) groups excluding carboxylic acids is 1. The van der Waals surface area contributed by atoms with Gasteiger partial charge in [-0.3, -0.25) is 4.79 Å². The molecule has 31 heavy (non-hydrogen) atoms. The van der Waals surface area contributed by atoms with Gasteiger partial charge < -0.3 is 15.5 Å². The average Bonchev–Trinajstić information content (AvgIpc) is 3.61. The predicted octanol–water partition coefficient (Wildman–Crippen LogP) is 4.01. The number of carbonyl (C=O) groups is 1. The highest BCUT2D eigenvalue weighted by Gasteiger charge is 2.48. The summed E-state index contributed by atoms with van der Waals surface area (Å²) in [7, 11) is 0. The maximum atomic E-state index is 12.4. The number of rotatable bonds is 8. The third-order valence-electron chi connectivity index (χ3n) is 5.45. The molecule has 0 aliphatic heterocycles.